The van der Waals surface area contributed by atoms with Crippen molar-refractivity contribution in [2.75, 3.05) is 13.1 Å². The molecule has 0 aromatic heterocycles. The van der Waals surface area contributed by atoms with Gasteiger partial charge in [0.1, 0.15) is 0 Å². The number of halogens is 1. The normalized spacial score (nSPS) is 25.4. The summed E-state index contributed by atoms with van der Waals surface area (Å²) in [6, 6.07) is 8.66. The largest absolute Gasteiger partial charge is 0.481 e. The molecule has 0 bridgehead atoms. The molecule has 2 rings (SSSR count). The van der Waals surface area contributed by atoms with Crippen LogP contribution in [0.25, 0.3) is 0 Å². The average molecular weight is 326 g/mol. The molecule has 1 aromatic carbocycles. The molecule has 0 radical (unpaired) electrons. The van der Waals surface area contributed by atoms with Gasteiger partial charge in [-0.05, 0) is 30.0 Å². The molecule has 0 saturated carbocycles. The van der Waals surface area contributed by atoms with Crippen molar-refractivity contribution in [1.82, 2.24) is 4.90 Å². The molecule has 1 N–H and O–H groups in total. The Bertz CT molecular complexity index is 446. The number of carboxylic acid groups (broad SMARTS) is 1. The van der Waals surface area contributed by atoms with Crippen LogP contribution in [0.5, 0.6) is 0 Å². The average Bonchev–Trinajstić information content (AvgIpc) is 2.75. The molecular weight excluding hydrogens is 306 g/mol. The van der Waals surface area contributed by atoms with E-state index in [2.05, 4.69) is 39.9 Å². The van der Waals surface area contributed by atoms with E-state index in [0.29, 0.717) is 12.6 Å². The van der Waals surface area contributed by atoms with Crippen LogP contribution in [0.3, 0.4) is 0 Å². The molecule has 104 valence electrons. The number of nitrogens with zero attached hydrogens (tertiary/aromatic N) is 1. The number of benzene rings is 1. The van der Waals surface area contributed by atoms with Crippen molar-refractivity contribution < 1.29 is 9.90 Å². The predicted octanol–water partition coefficient (Wildman–Crippen LogP) is 3.55. The number of hydrogen-bond donors (Lipinski definition) is 1. The fraction of sp³-hybridized carbons (Fsp3) is 0.533. The van der Waals surface area contributed by atoms with E-state index >= 15 is 0 Å². The van der Waals surface area contributed by atoms with Gasteiger partial charge in [-0.1, -0.05) is 41.9 Å². The number of carboxylic acids is 1. The second-order valence-electron chi connectivity index (χ2n) is 5.35. The second-order valence-corrected chi connectivity index (χ2v) is 6.27. The van der Waals surface area contributed by atoms with E-state index in [1.807, 2.05) is 19.1 Å². The van der Waals surface area contributed by atoms with Crippen LogP contribution in [0, 0.1) is 11.8 Å². The molecule has 1 unspecified atom stereocenters. The van der Waals surface area contributed by atoms with Crippen LogP contribution in [0.4, 0.5) is 0 Å². The van der Waals surface area contributed by atoms with Gasteiger partial charge in [-0.3, -0.25) is 9.69 Å². The van der Waals surface area contributed by atoms with Gasteiger partial charge in [0.05, 0.1) is 5.92 Å². The van der Waals surface area contributed by atoms with Gasteiger partial charge >= 0.3 is 5.97 Å². The van der Waals surface area contributed by atoms with Gasteiger partial charge in [-0.2, -0.15) is 0 Å². The van der Waals surface area contributed by atoms with Gasteiger partial charge in [0.15, 0.2) is 0 Å². The Morgan fingerprint density at radius 3 is 2.53 bits per heavy atom. The summed E-state index contributed by atoms with van der Waals surface area (Å²) in [5.74, 6) is -0.674. The second kappa shape index (κ2) is 6.06. The maximum absolute atomic E-state index is 11.2. The van der Waals surface area contributed by atoms with Crippen LogP contribution in [0.15, 0.2) is 28.7 Å². The van der Waals surface area contributed by atoms with E-state index in [4.69, 9.17) is 0 Å². The number of carbonyl (C=O) groups is 1. The summed E-state index contributed by atoms with van der Waals surface area (Å²) in [5.41, 5.74) is 1.27. The summed E-state index contributed by atoms with van der Waals surface area (Å²) in [7, 11) is 0. The summed E-state index contributed by atoms with van der Waals surface area (Å²) in [5, 5.41) is 9.23. The van der Waals surface area contributed by atoms with Crippen LogP contribution >= 0.6 is 15.9 Å². The monoisotopic (exact) mass is 325 g/mol. The molecule has 0 amide bonds. The number of rotatable bonds is 4. The Morgan fingerprint density at radius 1 is 1.42 bits per heavy atom. The Morgan fingerprint density at radius 2 is 2.05 bits per heavy atom. The summed E-state index contributed by atoms with van der Waals surface area (Å²) >= 11 is 3.45. The summed E-state index contributed by atoms with van der Waals surface area (Å²) in [4.78, 5) is 13.5. The van der Waals surface area contributed by atoms with Crippen molar-refractivity contribution in [1.29, 1.82) is 0 Å². The maximum Gasteiger partial charge on any atom is 0.308 e. The lowest BCUT2D eigenvalue weighted by molar-refractivity contribution is -0.142. The first-order valence-electron chi connectivity index (χ1n) is 6.75. The van der Waals surface area contributed by atoms with Gasteiger partial charge < -0.3 is 5.11 Å². The third kappa shape index (κ3) is 3.18. The van der Waals surface area contributed by atoms with Gasteiger partial charge in [0.2, 0.25) is 0 Å². The minimum atomic E-state index is -0.666. The number of hydrogen-bond acceptors (Lipinski definition) is 2. The van der Waals surface area contributed by atoms with E-state index in [0.717, 1.165) is 17.4 Å². The summed E-state index contributed by atoms with van der Waals surface area (Å²) in [6.45, 7) is 5.72. The third-order valence-electron chi connectivity index (χ3n) is 4.04. The Kier molecular flexibility index (Phi) is 4.63. The minimum Gasteiger partial charge on any atom is -0.481 e. The molecule has 3 nitrogen and oxygen atoms in total. The molecule has 1 aliphatic rings. The van der Waals surface area contributed by atoms with Crippen LogP contribution in [-0.2, 0) is 4.79 Å². The van der Waals surface area contributed by atoms with Crippen LogP contribution < -0.4 is 0 Å². The zero-order valence-corrected chi connectivity index (χ0v) is 12.9. The fourth-order valence-corrected chi connectivity index (χ4v) is 3.23. The molecule has 4 heteroatoms. The predicted molar refractivity (Wildman–Crippen MR) is 79.0 cm³/mol. The lowest BCUT2D eigenvalue weighted by atomic mass is 9.99. The molecule has 1 saturated heterocycles. The van der Waals surface area contributed by atoms with Crippen LogP contribution in [0.1, 0.15) is 31.9 Å². The van der Waals surface area contributed by atoms with E-state index in [1.165, 1.54) is 5.56 Å². The van der Waals surface area contributed by atoms with Crippen LogP contribution in [-0.4, -0.2) is 29.1 Å². The first-order valence-corrected chi connectivity index (χ1v) is 7.54. The zero-order chi connectivity index (χ0) is 14.0. The van der Waals surface area contributed by atoms with Gasteiger partial charge in [0.25, 0.3) is 0 Å². The minimum absolute atomic E-state index is 0.224. The number of aliphatic carboxylic acids is 1. The molecule has 19 heavy (non-hydrogen) atoms. The topological polar surface area (TPSA) is 40.5 Å². The Balaban J connectivity index is 2.15. The molecule has 0 spiro atoms. The van der Waals surface area contributed by atoms with Crippen molar-refractivity contribution >= 4 is 21.9 Å². The molecule has 1 aromatic rings. The highest BCUT2D eigenvalue weighted by Gasteiger charge is 2.37. The molecule has 0 aliphatic carbocycles. The summed E-state index contributed by atoms with van der Waals surface area (Å²) in [6.07, 6.45) is 1.00. The lowest BCUT2D eigenvalue weighted by Crippen LogP contribution is -2.27. The molecule has 3 atom stereocenters. The number of likely N-dealkylation sites (tertiary alicyclic amines) is 1. The quantitative estimate of drug-likeness (QED) is 0.920. The van der Waals surface area contributed by atoms with Gasteiger partial charge in [-0.25, -0.2) is 0 Å². The van der Waals surface area contributed by atoms with E-state index in [1.54, 1.807) is 0 Å². The third-order valence-corrected chi connectivity index (χ3v) is 4.57. The van der Waals surface area contributed by atoms with Crippen molar-refractivity contribution in [3.63, 3.8) is 0 Å². The van der Waals surface area contributed by atoms with Crippen molar-refractivity contribution in [3.8, 4) is 0 Å². The van der Waals surface area contributed by atoms with E-state index in [-0.39, 0.29) is 11.8 Å². The van der Waals surface area contributed by atoms with Crippen molar-refractivity contribution in [2.45, 2.75) is 26.3 Å². The highest BCUT2D eigenvalue weighted by atomic mass is 79.9. The summed E-state index contributed by atoms with van der Waals surface area (Å²) < 4.78 is 1.07. The first kappa shape index (κ1) is 14.5. The zero-order valence-electron chi connectivity index (χ0n) is 11.3. The standard InChI is InChI=1S/C15H20BrNO2/c1-3-14(11-4-6-12(16)7-5-11)17-8-10(2)13(9-17)15(18)19/h4-7,10,13-14H,3,8-9H2,1-2H3,(H,18,19)/t10-,13-,14?/m1/s1. The molecule has 1 heterocycles. The molecular formula is C15H20BrNO2. The molecule has 1 fully saturated rings. The van der Waals surface area contributed by atoms with Gasteiger partial charge in [-0.15, -0.1) is 0 Å². The Labute approximate surface area is 122 Å². The smallest absolute Gasteiger partial charge is 0.308 e. The SMILES string of the molecule is CCC(c1ccc(Br)cc1)N1C[C@@H](C)[C@H](C(=O)O)C1. The highest BCUT2D eigenvalue weighted by Crippen LogP contribution is 2.33. The fourth-order valence-electron chi connectivity index (χ4n) is 2.97. The lowest BCUT2D eigenvalue weighted by Gasteiger charge is -2.27. The first-order chi connectivity index (χ1) is 9.02. The highest BCUT2D eigenvalue weighted by molar-refractivity contribution is 9.10. The van der Waals surface area contributed by atoms with E-state index in [9.17, 15) is 9.90 Å². The van der Waals surface area contributed by atoms with Crippen molar-refractivity contribution in [2.24, 2.45) is 11.8 Å². The van der Waals surface area contributed by atoms with Crippen LogP contribution in [0.2, 0.25) is 0 Å². The Hall–Kier alpha value is -0.870. The maximum atomic E-state index is 11.2. The molecule has 1 aliphatic heterocycles. The van der Waals surface area contributed by atoms with E-state index < -0.39 is 5.97 Å². The van der Waals surface area contributed by atoms with Crippen molar-refractivity contribution in [3.05, 3.63) is 34.3 Å². The van der Waals surface area contributed by atoms with Gasteiger partial charge in [0, 0.05) is 23.6 Å².